The summed E-state index contributed by atoms with van der Waals surface area (Å²) in [7, 11) is 0. The number of nitrogens with zero attached hydrogens (tertiary/aromatic N) is 3. The van der Waals surface area contributed by atoms with Crippen LogP contribution in [0.4, 0.5) is 0 Å². The molecule has 1 fully saturated rings. The Balaban J connectivity index is 2.17. The number of hydrogen-bond donors (Lipinski definition) is 0. The Labute approximate surface area is 120 Å². The standard InChI is InChI=1S/C14H16BrN3O/c1-9-7-11(15)8-18-12(10(2)16-13(9)18)14(19)17-5-3-4-6-17/h7-8H,3-6H2,1-2H3. The van der Waals surface area contributed by atoms with Crippen LogP contribution in [-0.2, 0) is 0 Å². The molecule has 1 amide bonds. The minimum atomic E-state index is 0.0972. The normalized spacial score (nSPS) is 15.4. The predicted molar refractivity (Wildman–Crippen MR) is 77.5 cm³/mol. The first-order valence-electron chi connectivity index (χ1n) is 6.52. The van der Waals surface area contributed by atoms with E-state index in [0.717, 1.165) is 47.3 Å². The van der Waals surface area contributed by atoms with Crippen molar-refractivity contribution in [1.29, 1.82) is 0 Å². The Kier molecular flexibility index (Phi) is 3.09. The summed E-state index contributed by atoms with van der Waals surface area (Å²) in [4.78, 5) is 19.1. The van der Waals surface area contributed by atoms with Crippen LogP contribution >= 0.6 is 15.9 Å². The summed E-state index contributed by atoms with van der Waals surface area (Å²) in [6.45, 7) is 5.64. The average molecular weight is 322 g/mol. The summed E-state index contributed by atoms with van der Waals surface area (Å²) < 4.78 is 2.88. The molecule has 5 heteroatoms. The second-order valence-electron chi connectivity index (χ2n) is 5.08. The van der Waals surface area contributed by atoms with Crippen LogP contribution in [0.5, 0.6) is 0 Å². The van der Waals surface area contributed by atoms with Crippen LogP contribution in [0, 0.1) is 13.8 Å². The van der Waals surface area contributed by atoms with Gasteiger partial charge in [-0.1, -0.05) is 0 Å². The molecule has 3 rings (SSSR count). The van der Waals surface area contributed by atoms with Crippen molar-refractivity contribution < 1.29 is 4.79 Å². The smallest absolute Gasteiger partial charge is 0.272 e. The lowest BCUT2D eigenvalue weighted by atomic mass is 10.3. The fraction of sp³-hybridized carbons (Fsp3) is 0.429. The first-order valence-corrected chi connectivity index (χ1v) is 7.31. The number of aryl methyl sites for hydroxylation is 2. The first-order chi connectivity index (χ1) is 9.08. The van der Waals surface area contributed by atoms with Crippen LogP contribution in [0.2, 0.25) is 0 Å². The van der Waals surface area contributed by atoms with E-state index in [0.29, 0.717) is 5.69 Å². The monoisotopic (exact) mass is 321 g/mol. The molecule has 0 N–H and O–H groups in total. The lowest BCUT2D eigenvalue weighted by Crippen LogP contribution is -2.29. The van der Waals surface area contributed by atoms with E-state index in [9.17, 15) is 4.79 Å². The van der Waals surface area contributed by atoms with Crippen LogP contribution in [-0.4, -0.2) is 33.3 Å². The molecular formula is C14H16BrN3O. The molecule has 2 aromatic heterocycles. The third-order valence-electron chi connectivity index (χ3n) is 3.64. The number of carbonyl (C=O) groups excluding carboxylic acids is 1. The van der Waals surface area contributed by atoms with Gasteiger partial charge in [-0.25, -0.2) is 4.98 Å². The zero-order valence-corrected chi connectivity index (χ0v) is 12.7. The minimum Gasteiger partial charge on any atom is -0.337 e. The zero-order valence-electron chi connectivity index (χ0n) is 11.1. The highest BCUT2D eigenvalue weighted by Gasteiger charge is 2.25. The van der Waals surface area contributed by atoms with Crippen molar-refractivity contribution in [3.05, 3.63) is 33.7 Å². The molecule has 1 saturated heterocycles. The quantitative estimate of drug-likeness (QED) is 0.809. The number of rotatable bonds is 1. The Bertz CT molecular complexity index is 656. The molecule has 0 aromatic carbocycles. The van der Waals surface area contributed by atoms with E-state index in [2.05, 4.69) is 20.9 Å². The van der Waals surface area contributed by atoms with Gasteiger partial charge in [-0.05, 0) is 54.2 Å². The second-order valence-corrected chi connectivity index (χ2v) is 6.00. The van der Waals surface area contributed by atoms with E-state index in [1.165, 1.54) is 0 Å². The van der Waals surface area contributed by atoms with Crippen molar-refractivity contribution >= 4 is 27.5 Å². The highest BCUT2D eigenvalue weighted by Crippen LogP contribution is 2.22. The van der Waals surface area contributed by atoms with Crippen LogP contribution in [0.1, 0.15) is 34.6 Å². The molecule has 1 aliphatic heterocycles. The molecule has 4 nitrogen and oxygen atoms in total. The lowest BCUT2D eigenvalue weighted by molar-refractivity contribution is 0.0785. The maximum Gasteiger partial charge on any atom is 0.272 e. The summed E-state index contributed by atoms with van der Waals surface area (Å²) in [5.74, 6) is 0.0972. The van der Waals surface area contributed by atoms with Gasteiger partial charge in [0.1, 0.15) is 11.3 Å². The molecule has 1 aliphatic rings. The van der Waals surface area contributed by atoms with Gasteiger partial charge in [-0.15, -0.1) is 0 Å². The van der Waals surface area contributed by atoms with E-state index >= 15 is 0 Å². The van der Waals surface area contributed by atoms with Crippen LogP contribution in [0.15, 0.2) is 16.7 Å². The zero-order chi connectivity index (χ0) is 13.6. The largest absolute Gasteiger partial charge is 0.337 e. The molecule has 2 aromatic rings. The van der Waals surface area contributed by atoms with Crippen molar-refractivity contribution in [2.45, 2.75) is 26.7 Å². The molecular weight excluding hydrogens is 306 g/mol. The van der Waals surface area contributed by atoms with Gasteiger partial charge in [0.2, 0.25) is 0 Å². The van der Waals surface area contributed by atoms with Crippen LogP contribution in [0.25, 0.3) is 5.65 Å². The number of aromatic nitrogens is 2. The van der Waals surface area contributed by atoms with E-state index in [-0.39, 0.29) is 5.91 Å². The molecule has 0 radical (unpaired) electrons. The summed E-state index contributed by atoms with van der Waals surface area (Å²) in [5, 5.41) is 0. The fourth-order valence-electron chi connectivity index (χ4n) is 2.71. The first kappa shape index (κ1) is 12.7. The highest BCUT2D eigenvalue weighted by molar-refractivity contribution is 9.10. The highest BCUT2D eigenvalue weighted by atomic mass is 79.9. The van der Waals surface area contributed by atoms with Crippen molar-refractivity contribution in [3.8, 4) is 0 Å². The molecule has 0 aliphatic carbocycles. The van der Waals surface area contributed by atoms with Gasteiger partial charge in [0, 0.05) is 23.8 Å². The molecule has 0 saturated carbocycles. The van der Waals surface area contributed by atoms with Crippen LogP contribution in [0.3, 0.4) is 0 Å². The number of hydrogen-bond acceptors (Lipinski definition) is 2. The molecule has 0 bridgehead atoms. The van der Waals surface area contributed by atoms with Gasteiger partial charge in [0.15, 0.2) is 0 Å². The second kappa shape index (κ2) is 4.63. The van der Waals surface area contributed by atoms with E-state index < -0.39 is 0 Å². The number of fused-ring (bicyclic) bond motifs is 1. The van der Waals surface area contributed by atoms with Gasteiger partial charge in [0.25, 0.3) is 5.91 Å². The van der Waals surface area contributed by atoms with Crippen LogP contribution < -0.4 is 0 Å². The van der Waals surface area contributed by atoms with Gasteiger partial charge >= 0.3 is 0 Å². The van der Waals surface area contributed by atoms with Crippen molar-refractivity contribution in [2.24, 2.45) is 0 Å². The molecule has 19 heavy (non-hydrogen) atoms. The van der Waals surface area contributed by atoms with Gasteiger partial charge in [0.05, 0.1) is 5.69 Å². The summed E-state index contributed by atoms with van der Waals surface area (Å²) in [6, 6.07) is 2.02. The van der Waals surface area contributed by atoms with E-state index in [4.69, 9.17) is 0 Å². The maximum absolute atomic E-state index is 12.6. The van der Waals surface area contributed by atoms with Gasteiger partial charge in [-0.2, -0.15) is 0 Å². The fourth-order valence-corrected chi connectivity index (χ4v) is 3.26. The third kappa shape index (κ3) is 2.06. The van der Waals surface area contributed by atoms with Gasteiger partial charge in [-0.3, -0.25) is 9.20 Å². The number of likely N-dealkylation sites (tertiary alicyclic amines) is 1. The Morgan fingerprint density at radius 1 is 1.32 bits per heavy atom. The van der Waals surface area contributed by atoms with Crippen molar-refractivity contribution in [2.75, 3.05) is 13.1 Å². The van der Waals surface area contributed by atoms with E-state index in [1.807, 2.05) is 35.4 Å². The Morgan fingerprint density at radius 2 is 2.00 bits per heavy atom. The molecule has 100 valence electrons. The Morgan fingerprint density at radius 3 is 2.68 bits per heavy atom. The maximum atomic E-state index is 12.6. The summed E-state index contributed by atoms with van der Waals surface area (Å²) in [6.07, 6.45) is 4.13. The molecule has 0 atom stereocenters. The lowest BCUT2D eigenvalue weighted by Gasteiger charge is -2.15. The SMILES string of the molecule is Cc1nc2c(C)cc(Br)cn2c1C(=O)N1CCCC1. The Hall–Kier alpha value is -1.36. The van der Waals surface area contributed by atoms with E-state index in [1.54, 1.807) is 0 Å². The molecule has 3 heterocycles. The molecule has 0 spiro atoms. The number of halogens is 1. The third-order valence-corrected chi connectivity index (χ3v) is 4.07. The predicted octanol–water partition coefficient (Wildman–Crippen LogP) is 2.95. The number of imidazole rings is 1. The van der Waals surface area contributed by atoms with Crippen molar-refractivity contribution in [1.82, 2.24) is 14.3 Å². The van der Waals surface area contributed by atoms with Crippen molar-refractivity contribution in [3.63, 3.8) is 0 Å². The molecule has 0 unspecified atom stereocenters. The topological polar surface area (TPSA) is 37.6 Å². The minimum absolute atomic E-state index is 0.0972. The number of pyridine rings is 1. The number of amides is 1. The van der Waals surface area contributed by atoms with Gasteiger partial charge < -0.3 is 4.90 Å². The summed E-state index contributed by atoms with van der Waals surface area (Å²) in [5.41, 5.74) is 3.43. The average Bonchev–Trinajstić information content (AvgIpc) is 2.95. The summed E-state index contributed by atoms with van der Waals surface area (Å²) >= 11 is 3.49. The number of carbonyl (C=O) groups is 1.